The highest BCUT2D eigenvalue weighted by Crippen LogP contribution is 2.45. The zero-order valence-electron chi connectivity index (χ0n) is 12.5. The second-order valence-electron chi connectivity index (χ2n) is 6.72. The molecule has 2 aromatic rings. The van der Waals surface area contributed by atoms with Gasteiger partial charge in [-0.3, -0.25) is 4.79 Å². The first-order chi connectivity index (χ1) is 10.2. The maximum atomic E-state index is 13.0. The molecule has 0 N–H and O–H groups in total. The first-order valence-corrected chi connectivity index (χ1v) is 7.89. The van der Waals surface area contributed by atoms with Gasteiger partial charge in [0.2, 0.25) is 0 Å². The van der Waals surface area contributed by atoms with E-state index >= 15 is 0 Å². The van der Waals surface area contributed by atoms with Gasteiger partial charge in [-0.1, -0.05) is 42.0 Å². The van der Waals surface area contributed by atoms with E-state index in [-0.39, 0.29) is 5.41 Å². The zero-order chi connectivity index (χ0) is 14.4. The van der Waals surface area contributed by atoms with Crippen molar-refractivity contribution in [2.24, 2.45) is 5.41 Å². The van der Waals surface area contributed by atoms with Crippen molar-refractivity contribution in [1.29, 1.82) is 0 Å². The zero-order valence-corrected chi connectivity index (χ0v) is 12.5. The van der Waals surface area contributed by atoms with Gasteiger partial charge in [-0.25, -0.2) is 0 Å². The number of carbonyl (C=O) groups excluding carboxylic acids is 1. The minimum atomic E-state index is -0.144. The summed E-state index contributed by atoms with van der Waals surface area (Å²) in [5, 5.41) is 0. The van der Waals surface area contributed by atoms with Gasteiger partial charge in [-0.15, -0.1) is 0 Å². The molecule has 0 saturated heterocycles. The molecule has 0 radical (unpaired) electrons. The fourth-order valence-corrected chi connectivity index (χ4v) is 4.11. The van der Waals surface area contributed by atoms with Crippen molar-refractivity contribution in [2.75, 3.05) is 0 Å². The average molecular weight is 276 g/mol. The second kappa shape index (κ2) is 4.56. The quantitative estimate of drug-likeness (QED) is 0.701. The van der Waals surface area contributed by atoms with Gasteiger partial charge in [0.1, 0.15) is 0 Å². The lowest BCUT2D eigenvalue weighted by molar-refractivity contribution is 0.0794. The number of rotatable bonds is 0. The molecule has 0 aromatic heterocycles. The van der Waals surface area contributed by atoms with Gasteiger partial charge in [0, 0.05) is 11.0 Å². The number of hydrogen-bond acceptors (Lipinski definition) is 1. The number of fused-ring (bicyclic) bond motifs is 2. The van der Waals surface area contributed by atoms with Crippen LogP contribution in [0.25, 0.3) is 0 Å². The third-order valence-electron chi connectivity index (χ3n) is 5.38. The third kappa shape index (κ3) is 1.95. The summed E-state index contributed by atoms with van der Waals surface area (Å²) in [6, 6.07) is 15.1. The normalized spacial score (nSPS) is 19.2. The van der Waals surface area contributed by atoms with Crippen molar-refractivity contribution < 1.29 is 4.79 Å². The molecule has 106 valence electrons. The highest BCUT2D eigenvalue weighted by Gasteiger charge is 2.45. The van der Waals surface area contributed by atoms with E-state index in [1.807, 2.05) is 0 Å². The van der Waals surface area contributed by atoms with E-state index in [0.29, 0.717) is 5.78 Å². The lowest BCUT2D eigenvalue weighted by Gasteiger charge is -2.25. The standard InChI is InChI=1S/C20H20O/c1-14-6-7-17-13-20(19(21)18(17)12-14)10-8-15-4-2-3-5-16(15)9-11-20/h2-7,12H,8-11,13H2,1H3. The van der Waals surface area contributed by atoms with Crippen LogP contribution >= 0.6 is 0 Å². The van der Waals surface area contributed by atoms with Gasteiger partial charge in [-0.2, -0.15) is 0 Å². The molecule has 2 aliphatic rings. The van der Waals surface area contributed by atoms with Crippen molar-refractivity contribution in [1.82, 2.24) is 0 Å². The maximum Gasteiger partial charge on any atom is 0.169 e. The molecule has 0 saturated carbocycles. The summed E-state index contributed by atoms with van der Waals surface area (Å²) in [6.45, 7) is 2.07. The Balaban J connectivity index is 1.70. The van der Waals surface area contributed by atoms with Crippen molar-refractivity contribution in [3.63, 3.8) is 0 Å². The van der Waals surface area contributed by atoms with Crippen LogP contribution in [0.1, 0.15) is 45.5 Å². The largest absolute Gasteiger partial charge is 0.294 e. The molecule has 0 bridgehead atoms. The van der Waals surface area contributed by atoms with Crippen LogP contribution in [-0.2, 0) is 19.3 Å². The number of hydrogen-bond donors (Lipinski definition) is 0. The third-order valence-corrected chi connectivity index (χ3v) is 5.38. The molecule has 0 aliphatic heterocycles. The van der Waals surface area contributed by atoms with Crippen LogP contribution < -0.4 is 0 Å². The van der Waals surface area contributed by atoms with Gasteiger partial charge in [0.05, 0.1) is 0 Å². The molecular weight excluding hydrogens is 256 g/mol. The fourth-order valence-electron chi connectivity index (χ4n) is 4.11. The number of carbonyl (C=O) groups is 1. The number of ketones is 1. The van der Waals surface area contributed by atoms with Gasteiger partial charge in [0.15, 0.2) is 5.78 Å². The van der Waals surface area contributed by atoms with Gasteiger partial charge in [-0.05, 0) is 61.8 Å². The molecule has 4 rings (SSSR count). The van der Waals surface area contributed by atoms with E-state index in [4.69, 9.17) is 0 Å². The molecule has 0 unspecified atom stereocenters. The second-order valence-corrected chi connectivity index (χ2v) is 6.72. The number of aryl methyl sites for hydroxylation is 3. The van der Waals surface area contributed by atoms with E-state index in [0.717, 1.165) is 37.7 Å². The average Bonchev–Trinajstić information content (AvgIpc) is 2.66. The highest BCUT2D eigenvalue weighted by atomic mass is 16.1. The van der Waals surface area contributed by atoms with Crippen LogP contribution in [0, 0.1) is 12.3 Å². The molecule has 1 spiro atoms. The molecule has 0 atom stereocenters. The molecule has 0 fully saturated rings. The molecule has 0 heterocycles. The Bertz CT molecular complexity index is 699. The number of benzene rings is 2. The van der Waals surface area contributed by atoms with Crippen LogP contribution in [0.5, 0.6) is 0 Å². The molecule has 21 heavy (non-hydrogen) atoms. The molecule has 2 aliphatic carbocycles. The summed E-state index contributed by atoms with van der Waals surface area (Å²) in [6.07, 6.45) is 5.01. The summed E-state index contributed by atoms with van der Waals surface area (Å²) in [4.78, 5) is 13.0. The van der Waals surface area contributed by atoms with E-state index in [9.17, 15) is 4.79 Å². The van der Waals surface area contributed by atoms with E-state index in [1.165, 1.54) is 22.3 Å². The Morgan fingerprint density at radius 2 is 1.57 bits per heavy atom. The van der Waals surface area contributed by atoms with Gasteiger partial charge < -0.3 is 0 Å². The molecule has 0 amide bonds. The van der Waals surface area contributed by atoms with E-state index in [1.54, 1.807) is 0 Å². The highest BCUT2D eigenvalue weighted by molar-refractivity contribution is 6.05. The van der Waals surface area contributed by atoms with Crippen molar-refractivity contribution >= 4 is 5.78 Å². The maximum absolute atomic E-state index is 13.0. The predicted molar refractivity (Wildman–Crippen MR) is 84.7 cm³/mol. The van der Waals surface area contributed by atoms with Gasteiger partial charge >= 0.3 is 0 Å². The van der Waals surface area contributed by atoms with Crippen LogP contribution in [-0.4, -0.2) is 5.78 Å². The first-order valence-electron chi connectivity index (χ1n) is 7.89. The Kier molecular flexibility index (Phi) is 2.78. The van der Waals surface area contributed by atoms with Crippen molar-refractivity contribution in [3.8, 4) is 0 Å². The summed E-state index contributed by atoms with van der Waals surface area (Å²) in [5.41, 5.74) is 6.17. The topological polar surface area (TPSA) is 17.1 Å². The lowest BCUT2D eigenvalue weighted by Crippen LogP contribution is -2.28. The smallest absolute Gasteiger partial charge is 0.169 e. The van der Waals surface area contributed by atoms with E-state index in [2.05, 4.69) is 49.4 Å². The summed E-state index contributed by atoms with van der Waals surface area (Å²) >= 11 is 0. The predicted octanol–water partition coefficient (Wildman–Crippen LogP) is 4.30. The minimum absolute atomic E-state index is 0.144. The van der Waals surface area contributed by atoms with Crippen LogP contribution in [0.15, 0.2) is 42.5 Å². The van der Waals surface area contributed by atoms with E-state index < -0.39 is 0 Å². The molecule has 1 heteroatoms. The van der Waals surface area contributed by atoms with Crippen molar-refractivity contribution in [3.05, 3.63) is 70.3 Å². The molecular formula is C20H20O. The van der Waals surface area contributed by atoms with Crippen LogP contribution in [0.3, 0.4) is 0 Å². The van der Waals surface area contributed by atoms with Crippen LogP contribution in [0.4, 0.5) is 0 Å². The Morgan fingerprint density at radius 3 is 2.24 bits per heavy atom. The molecule has 2 aromatic carbocycles. The Hall–Kier alpha value is -1.89. The summed E-state index contributed by atoms with van der Waals surface area (Å²) in [7, 11) is 0. The lowest BCUT2D eigenvalue weighted by atomic mass is 9.76. The number of Topliss-reactive ketones (excluding diaryl/α,β-unsaturated/α-hetero) is 1. The summed E-state index contributed by atoms with van der Waals surface area (Å²) < 4.78 is 0. The summed E-state index contributed by atoms with van der Waals surface area (Å²) in [5.74, 6) is 0.397. The Labute approximate surface area is 126 Å². The monoisotopic (exact) mass is 276 g/mol. The van der Waals surface area contributed by atoms with Crippen molar-refractivity contribution in [2.45, 2.75) is 39.0 Å². The van der Waals surface area contributed by atoms with Crippen LogP contribution in [0.2, 0.25) is 0 Å². The van der Waals surface area contributed by atoms with Gasteiger partial charge in [0.25, 0.3) is 0 Å². The molecule has 1 nitrogen and oxygen atoms in total. The SMILES string of the molecule is Cc1ccc2c(c1)C(=O)C1(CCc3ccccc3CC1)C2. The minimum Gasteiger partial charge on any atom is -0.294 e. The Morgan fingerprint density at radius 1 is 0.905 bits per heavy atom. The fraction of sp³-hybridized carbons (Fsp3) is 0.350. The first kappa shape index (κ1) is 12.8.